The fourth-order valence-corrected chi connectivity index (χ4v) is 3.15. The molecule has 0 spiro atoms. The second-order valence-electron chi connectivity index (χ2n) is 6.21. The monoisotopic (exact) mass is 359 g/mol. The number of carbonyl (C=O) groups is 1. The van der Waals surface area contributed by atoms with E-state index in [-0.39, 0.29) is 18.5 Å². The van der Waals surface area contributed by atoms with E-state index in [0.29, 0.717) is 0 Å². The minimum Gasteiger partial charge on any atom is -0.481 e. The van der Waals surface area contributed by atoms with Crippen LogP contribution in [0.4, 0.5) is 0 Å². The van der Waals surface area contributed by atoms with Crippen molar-refractivity contribution < 1.29 is 9.90 Å². The van der Waals surface area contributed by atoms with Gasteiger partial charge >= 0.3 is 5.97 Å². The standard InChI is InChI=1S/C21H17N3O3/c25-18-14-16(9-12-23(18)13-10-19(26)27)20-17-8-4-5-11-24(17)22-21(20)15-6-2-1-3-7-15/h1-9,11-12,14H,10,13H2,(H,26,27). The summed E-state index contributed by atoms with van der Waals surface area (Å²) >= 11 is 0. The number of hydrogen-bond acceptors (Lipinski definition) is 3. The SMILES string of the molecule is O=C(O)CCn1ccc(-c2c(-c3ccccc3)nn3ccccc23)cc1=O. The lowest BCUT2D eigenvalue weighted by Crippen LogP contribution is -2.20. The van der Waals surface area contributed by atoms with Gasteiger partial charge in [-0.15, -0.1) is 0 Å². The summed E-state index contributed by atoms with van der Waals surface area (Å²) in [6.07, 6.45) is 3.42. The summed E-state index contributed by atoms with van der Waals surface area (Å²) in [4.78, 5) is 23.2. The highest BCUT2D eigenvalue weighted by Gasteiger charge is 2.16. The fraction of sp³-hybridized carbons (Fsp3) is 0.0952. The summed E-state index contributed by atoms with van der Waals surface area (Å²) < 4.78 is 3.21. The predicted octanol–water partition coefficient (Wildman–Crippen LogP) is 3.30. The third-order valence-electron chi connectivity index (χ3n) is 4.44. The van der Waals surface area contributed by atoms with Gasteiger partial charge in [-0.05, 0) is 23.8 Å². The molecule has 0 bridgehead atoms. The molecule has 0 radical (unpaired) electrons. The number of aryl methyl sites for hydroxylation is 1. The molecule has 1 aromatic carbocycles. The minimum absolute atomic E-state index is 0.0920. The largest absolute Gasteiger partial charge is 0.481 e. The first-order valence-electron chi connectivity index (χ1n) is 8.59. The fourth-order valence-electron chi connectivity index (χ4n) is 3.15. The molecule has 4 aromatic rings. The van der Waals surface area contributed by atoms with E-state index in [2.05, 4.69) is 0 Å². The number of nitrogens with zero attached hydrogens (tertiary/aromatic N) is 3. The van der Waals surface area contributed by atoms with E-state index in [9.17, 15) is 9.59 Å². The number of benzene rings is 1. The Morgan fingerprint density at radius 1 is 0.963 bits per heavy atom. The molecule has 0 saturated heterocycles. The topological polar surface area (TPSA) is 76.6 Å². The van der Waals surface area contributed by atoms with E-state index in [0.717, 1.165) is 27.9 Å². The van der Waals surface area contributed by atoms with Crippen molar-refractivity contribution in [2.24, 2.45) is 0 Å². The van der Waals surface area contributed by atoms with E-state index >= 15 is 0 Å². The van der Waals surface area contributed by atoms with Crippen molar-refractivity contribution >= 4 is 11.5 Å². The van der Waals surface area contributed by atoms with Crippen LogP contribution in [0.5, 0.6) is 0 Å². The van der Waals surface area contributed by atoms with Gasteiger partial charge in [0.25, 0.3) is 5.56 Å². The van der Waals surface area contributed by atoms with Crippen LogP contribution >= 0.6 is 0 Å². The highest BCUT2D eigenvalue weighted by atomic mass is 16.4. The maximum atomic E-state index is 12.5. The Morgan fingerprint density at radius 3 is 2.48 bits per heavy atom. The van der Waals surface area contributed by atoms with Gasteiger partial charge in [-0.3, -0.25) is 9.59 Å². The quantitative estimate of drug-likeness (QED) is 0.593. The van der Waals surface area contributed by atoms with Crippen molar-refractivity contribution in [3.8, 4) is 22.4 Å². The number of fused-ring (bicyclic) bond motifs is 1. The summed E-state index contributed by atoms with van der Waals surface area (Å²) in [5, 5.41) is 13.5. The summed E-state index contributed by atoms with van der Waals surface area (Å²) in [5.41, 5.74) is 4.06. The first-order valence-corrected chi connectivity index (χ1v) is 8.59. The first-order chi connectivity index (χ1) is 13.1. The molecule has 6 heteroatoms. The molecule has 6 nitrogen and oxygen atoms in total. The Balaban J connectivity index is 1.87. The zero-order valence-electron chi connectivity index (χ0n) is 14.4. The Kier molecular flexibility index (Phi) is 4.30. The van der Waals surface area contributed by atoms with Crippen molar-refractivity contribution in [2.45, 2.75) is 13.0 Å². The van der Waals surface area contributed by atoms with Crippen LogP contribution in [0.15, 0.2) is 77.9 Å². The van der Waals surface area contributed by atoms with Crippen LogP contribution in [0.3, 0.4) is 0 Å². The van der Waals surface area contributed by atoms with Crippen LogP contribution in [0, 0.1) is 0 Å². The normalized spacial score (nSPS) is 11.0. The van der Waals surface area contributed by atoms with Gasteiger partial charge < -0.3 is 9.67 Å². The van der Waals surface area contributed by atoms with E-state index in [1.165, 1.54) is 10.6 Å². The van der Waals surface area contributed by atoms with Crippen molar-refractivity contribution in [3.05, 3.63) is 83.4 Å². The van der Waals surface area contributed by atoms with Crippen molar-refractivity contribution in [1.82, 2.24) is 14.2 Å². The number of rotatable bonds is 5. The minimum atomic E-state index is -0.931. The Morgan fingerprint density at radius 2 is 1.74 bits per heavy atom. The molecule has 134 valence electrons. The van der Waals surface area contributed by atoms with Gasteiger partial charge in [0, 0.05) is 36.1 Å². The number of pyridine rings is 2. The number of carboxylic acid groups (broad SMARTS) is 1. The maximum Gasteiger partial charge on any atom is 0.305 e. The van der Waals surface area contributed by atoms with Crippen LogP contribution in [0.25, 0.3) is 27.9 Å². The van der Waals surface area contributed by atoms with Crippen molar-refractivity contribution in [3.63, 3.8) is 0 Å². The van der Waals surface area contributed by atoms with E-state index in [4.69, 9.17) is 10.2 Å². The number of hydrogen-bond donors (Lipinski definition) is 1. The third-order valence-corrected chi connectivity index (χ3v) is 4.44. The summed E-state index contributed by atoms with van der Waals surface area (Å²) in [6, 6.07) is 19.0. The van der Waals surface area contributed by atoms with Crippen LogP contribution in [-0.4, -0.2) is 25.3 Å². The van der Waals surface area contributed by atoms with Gasteiger partial charge in [0.2, 0.25) is 0 Å². The number of aliphatic carboxylic acids is 1. The molecule has 27 heavy (non-hydrogen) atoms. The van der Waals surface area contributed by atoms with Crippen LogP contribution in [0.2, 0.25) is 0 Å². The van der Waals surface area contributed by atoms with Crippen LogP contribution < -0.4 is 5.56 Å². The summed E-state index contributed by atoms with van der Waals surface area (Å²) in [6.45, 7) is 0.148. The molecule has 0 unspecified atom stereocenters. The van der Waals surface area contributed by atoms with E-state index in [1.807, 2.05) is 60.8 Å². The van der Waals surface area contributed by atoms with Gasteiger partial charge in [-0.1, -0.05) is 36.4 Å². The molecule has 1 N–H and O–H groups in total. The summed E-state index contributed by atoms with van der Waals surface area (Å²) in [7, 11) is 0. The van der Waals surface area contributed by atoms with Gasteiger partial charge in [0.05, 0.1) is 11.9 Å². The van der Waals surface area contributed by atoms with E-state index in [1.54, 1.807) is 10.7 Å². The van der Waals surface area contributed by atoms with Gasteiger partial charge in [-0.2, -0.15) is 5.10 Å². The molecule has 0 amide bonds. The Hall–Kier alpha value is -3.67. The lowest BCUT2D eigenvalue weighted by Gasteiger charge is -2.07. The van der Waals surface area contributed by atoms with Gasteiger partial charge in [0.15, 0.2) is 0 Å². The number of aromatic nitrogens is 3. The zero-order valence-corrected chi connectivity index (χ0v) is 14.4. The molecule has 0 fully saturated rings. The van der Waals surface area contributed by atoms with Crippen LogP contribution in [0.1, 0.15) is 6.42 Å². The second kappa shape index (κ2) is 6.92. The maximum absolute atomic E-state index is 12.5. The molecular weight excluding hydrogens is 342 g/mol. The van der Waals surface area contributed by atoms with Crippen LogP contribution in [-0.2, 0) is 11.3 Å². The smallest absolute Gasteiger partial charge is 0.305 e. The average molecular weight is 359 g/mol. The molecule has 3 heterocycles. The van der Waals surface area contributed by atoms with Crippen molar-refractivity contribution in [1.29, 1.82) is 0 Å². The average Bonchev–Trinajstić information content (AvgIpc) is 3.07. The number of carboxylic acids is 1. The molecule has 4 rings (SSSR count). The molecule has 0 atom stereocenters. The predicted molar refractivity (Wildman–Crippen MR) is 103 cm³/mol. The molecule has 0 saturated carbocycles. The highest BCUT2D eigenvalue weighted by molar-refractivity contribution is 5.92. The van der Waals surface area contributed by atoms with E-state index < -0.39 is 5.97 Å². The first kappa shape index (κ1) is 16.8. The Bertz CT molecular complexity index is 1180. The molecule has 0 aliphatic heterocycles. The lowest BCUT2D eigenvalue weighted by atomic mass is 10.0. The Labute approximate surface area is 154 Å². The van der Waals surface area contributed by atoms with Gasteiger partial charge in [-0.25, -0.2) is 4.52 Å². The third kappa shape index (κ3) is 3.25. The lowest BCUT2D eigenvalue weighted by molar-refractivity contribution is -0.137. The second-order valence-corrected chi connectivity index (χ2v) is 6.21. The van der Waals surface area contributed by atoms with Crippen molar-refractivity contribution in [2.75, 3.05) is 0 Å². The molecule has 0 aliphatic rings. The summed E-state index contributed by atoms with van der Waals surface area (Å²) in [5.74, 6) is -0.931. The molecule has 0 aliphatic carbocycles. The zero-order chi connectivity index (χ0) is 18.8. The van der Waals surface area contributed by atoms with Gasteiger partial charge in [0.1, 0.15) is 5.69 Å². The molecular formula is C21H17N3O3. The highest BCUT2D eigenvalue weighted by Crippen LogP contribution is 2.34. The molecule has 3 aromatic heterocycles.